The Bertz CT molecular complexity index is 490. The van der Waals surface area contributed by atoms with Crippen molar-refractivity contribution in [3.05, 3.63) is 42.5 Å². The molecular formula is C18H29N3O3. The number of carbonyl (C=O) groups excluding carboxylic acids is 3. The molecule has 1 N–H and O–H groups in total. The summed E-state index contributed by atoms with van der Waals surface area (Å²) in [4.78, 5) is 31.8. The standard InChI is InChI=1S/C13H19N3O.C3H6.2CH2O/c1-10-8-14-9-16(10)12-6-4-5-11(7-12)13(17)15(2)3;1-3-2;2*1-2/h4-7,10,14H,8-9H2,1-3H3;3H,1H2,2H3;2*1H2/t10-;;;/m1.../s1. The fourth-order valence-corrected chi connectivity index (χ4v) is 2.08. The van der Waals surface area contributed by atoms with E-state index in [0.29, 0.717) is 6.04 Å². The van der Waals surface area contributed by atoms with E-state index in [1.807, 2.05) is 38.7 Å². The van der Waals surface area contributed by atoms with Crippen molar-refractivity contribution in [2.24, 2.45) is 0 Å². The van der Waals surface area contributed by atoms with E-state index in [9.17, 15) is 4.79 Å². The summed E-state index contributed by atoms with van der Waals surface area (Å²) in [6.45, 7) is 13.3. The highest BCUT2D eigenvalue weighted by atomic mass is 16.2. The molecule has 6 heteroatoms. The zero-order valence-electron chi connectivity index (χ0n) is 15.1. The first-order valence-corrected chi connectivity index (χ1v) is 7.45. The number of anilines is 1. The molecule has 24 heavy (non-hydrogen) atoms. The second-order valence-corrected chi connectivity index (χ2v) is 5.09. The number of rotatable bonds is 2. The van der Waals surface area contributed by atoms with Crippen LogP contribution in [0.2, 0.25) is 0 Å². The Kier molecular flexibility index (Phi) is 14.0. The fraction of sp³-hybridized carbons (Fsp3) is 0.389. The van der Waals surface area contributed by atoms with Crippen molar-refractivity contribution in [1.82, 2.24) is 10.2 Å². The molecule has 1 fully saturated rings. The van der Waals surface area contributed by atoms with Gasteiger partial charge in [-0.2, -0.15) is 0 Å². The molecule has 1 amide bonds. The van der Waals surface area contributed by atoms with Gasteiger partial charge < -0.3 is 19.4 Å². The number of nitrogens with one attached hydrogen (secondary N) is 1. The van der Waals surface area contributed by atoms with Crippen LogP contribution in [0, 0.1) is 0 Å². The molecular weight excluding hydrogens is 306 g/mol. The molecule has 134 valence electrons. The van der Waals surface area contributed by atoms with Crippen LogP contribution in [-0.2, 0) is 9.59 Å². The molecule has 1 aromatic rings. The van der Waals surface area contributed by atoms with Crippen molar-refractivity contribution >= 4 is 25.2 Å². The predicted octanol–water partition coefficient (Wildman–Crippen LogP) is 1.97. The maximum absolute atomic E-state index is 11.9. The summed E-state index contributed by atoms with van der Waals surface area (Å²) in [7, 11) is 3.55. The first-order valence-electron chi connectivity index (χ1n) is 7.45. The monoisotopic (exact) mass is 335 g/mol. The van der Waals surface area contributed by atoms with Crippen LogP contribution < -0.4 is 10.2 Å². The average molecular weight is 335 g/mol. The van der Waals surface area contributed by atoms with E-state index in [4.69, 9.17) is 9.59 Å². The van der Waals surface area contributed by atoms with Crippen molar-refractivity contribution in [2.75, 3.05) is 32.2 Å². The summed E-state index contributed by atoms with van der Waals surface area (Å²) in [5.74, 6) is 0.0478. The summed E-state index contributed by atoms with van der Waals surface area (Å²) in [5, 5.41) is 3.32. The minimum atomic E-state index is 0.0478. The van der Waals surface area contributed by atoms with E-state index in [-0.39, 0.29) is 5.91 Å². The first-order chi connectivity index (χ1) is 11.5. The van der Waals surface area contributed by atoms with Crippen LogP contribution in [0.15, 0.2) is 36.9 Å². The molecule has 1 aliphatic rings. The van der Waals surface area contributed by atoms with E-state index in [1.165, 1.54) is 0 Å². The van der Waals surface area contributed by atoms with Gasteiger partial charge in [0.1, 0.15) is 13.6 Å². The van der Waals surface area contributed by atoms with Crippen LogP contribution in [0.4, 0.5) is 5.69 Å². The third kappa shape index (κ3) is 7.69. The molecule has 0 radical (unpaired) electrons. The second-order valence-electron chi connectivity index (χ2n) is 5.09. The lowest BCUT2D eigenvalue weighted by molar-refractivity contribution is -0.0987. The molecule has 0 saturated carbocycles. The molecule has 1 saturated heterocycles. The van der Waals surface area contributed by atoms with Gasteiger partial charge in [-0.3, -0.25) is 10.1 Å². The number of nitrogens with zero attached hydrogens (tertiary/aromatic N) is 2. The summed E-state index contributed by atoms with van der Waals surface area (Å²) >= 11 is 0. The number of carbonyl (C=O) groups is 3. The van der Waals surface area contributed by atoms with Crippen molar-refractivity contribution in [1.29, 1.82) is 0 Å². The van der Waals surface area contributed by atoms with Gasteiger partial charge in [-0.1, -0.05) is 12.1 Å². The third-order valence-corrected chi connectivity index (χ3v) is 3.08. The van der Waals surface area contributed by atoms with Gasteiger partial charge in [-0.05, 0) is 32.0 Å². The first kappa shape index (κ1) is 23.8. The van der Waals surface area contributed by atoms with Crippen molar-refractivity contribution < 1.29 is 14.4 Å². The van der Waals surface area contributed by atoms with Crippen LogP contribution >= 0.6 is 0 Å². The Hall–Kier alpha value is -2.47. The number of amides is 1. The largest absolute Gasteiger partial charge is 0.355 e. The van der Waals surface area contributed by atoms with Gasteiger partial charge in [0.25, 0.3) is 5.91 Å². The highest BCUT2D eigenvalue weighted by Crippen LogP contribution is 2.20. The molecule has 1 atom stereocenters. The van der Waals surface area contributed by atoms with Crippen molar-refractivity contribution in [2.45, 2.75) is 19.9 Å². The molecule has 0 aromatic heterocycles. The van der Waals surface area contributed by atoms with E-state index in [0.717, 1.165) is 24.5 Å². The Morgan fingerprint density at radius 1 is 1.29 bits per heavy atom. The quantitative estimate of drug-likeness (QED) is 0.837. The van der Waals surface area contributed by atoms with E-state index in [1.54, 1.807) is 25.1 Å². The van der Waals surface area contributed by atoms with Gasteiger partial charge in [0, 0.05) is 37.9 Å². The summed E-state index contributed by atoms with van der Waals surface area (Å²) in [6, 6.07) is 8.29. The zero-order valence-corrected chi connectivity index (χ0v) is 15.1. The van der Waals surface area contributed by atoms with Crippen LogP contribution in [0.5, 0.6) is 0 Å². The molecule has 1 heterocycles. The zero-order chi connectivity index (χ0) is 19.1. The maximum Gasteiger partial charge on any atom is 0.253 e. The lowest BCUT2D eigenvalue weighted by atomic mass is 10.1. The summed E-state index contributed by atoms with van der Waals surface area (Å²) in [5.41, 5.74) is 1.85. The third-order valence-electron chi connectivity index (χ3n) is 3.08. The van der Waals surface area contributed by atoms with Gasteiger partial charge in [-0.25, -0.2) is 0 Å². The van der Waals surface area contributed by atoms with Crippen LogP contribution in [0.1, 0.15) is 24.2 Å². The molecule has 0 unspecified atom stereocenters. The Balaban J connectivity index is 0. The average Bonchev–Trinajstić information content (AvgIpc) is 3.04. The Morgan fingerprint density at radius 2 is 1.83 bits per heavy atom. The second kappa shape index (κ2) is 14.1. The minimum Gasteiger partial charge on any atom is -0.355 e. The van der Waals surface area contributed by atoms with Gasteiger partial charge in [0.15, 0.2) is 0 Å². The molecule has 0 spiro atoms. The molecule has 0 bridgehead atoms. The number of allylic oxidation sites excluding steroid dienone is 1. The van der Waals surface area contributed by atoms with Gasteiger partial charge in [-0.15, -0.1) is 6.58 Å². The van der Waals surface area contributed by atoms with E-state index >= 15 is 0 Å². The number of hydrogen-bond acceptors (Lipinski definition) is 5. The van der Waals surface area contributed by atoms with Gasteiger partial charge in [0.2, 0.25) is 0 Å². The molecule has 0 aliphatic carbocycles. The van der Waals surface area contributed by atoms with E-state index < -0.39 is 0 Å². The topological polar surface area (TPSA) is 69.7 Å². The highest BCUT2D eigenvalue weighted by molar-refractivity contribution is 5.94. The molecule has 1 aliphatic heterocycles. The maximum atomic E-state index is 11.9. The number of benzene rings is 1. The Morgan fingerprint density at radius 3 is 2.25 bits per heavy atom. The predicted molar refractivity (Wildman–Crippen MR) is 99.4 cm³/mol. The lowest BCUT2D eigenvalue weighted by Crippen LogP contribution is -2.28. The van der Waals surface area contributed by atoms with E-state index in [2.05, 4.69) is 29.8 Å². The lowest BCUT2D eigenvalue weighted by Gasteiger charge is -2.23. The van der Waals surface area contributed by atoms with Crippen LogP contribution in [0.3, 0.4) is 0 Å². The summed E-state index contributed by atoms with van der Waals surface area (Å²) < 4.78 is 0. The Labute approximate surface area is 145 Å². The van der Waals surface area contributed by atoms with Gasteiger partial charge >= 0.3 is 0 Å². The molecule has 2 rings (SSSR count). The number of hydrogen-bond donors (Lipinski definition) is 1. The normalized spacial score (nSPS) is 14.7. The van der Waals surface area contributed by atoms with Crippen LogP contribution in [0.25, 0.3) is 0 Å². The molecule has 6 nitrogen and oxygen atoms in total. The smallest absolute Gasteiger partial charge is 0.253 e. The van der Waals surface area contributed by atoms with Crippen LogP contribution in [-0.4, -0.2) is 57.7 Å². The molecule has 1 aromatic carbocycles. The van der Waals surface area contributed by atoms with Crippen molar-refractivity contribution in [3.63, 3.8) is 0 Å². The SMILES string of the molecule is C=CC.C=O.C=O.C[C@@H]1CNCN1c1cccc(C(=O)N(C)C)c1. The highest BCUT2D eigenvalue weighted by Gasteiger charge is 2.20. The van der Waals surface area contributed by atoms with Crippen molar-refractivity contribution in [3.8, 4) is 0 Å². The summed E-state index contributed by atoms with van der Waals surface area (Å²) in [6.07, 6.45) is 1.75. The van der Waals surface area contributed by atoms with Gasteiger partial charge in [0.05, 0.1) is 6.67 Å². The fourth-order valence-electron chi connectivity index (χ4n) is 2.08. The minimum absolute atomic E-state index is 0.0478.